The van der Waals surface area contributed by atoms with Crippen molar-refractivity contribution in [1.82, 2.24) is 0 Å². The van der Waals surface area contributed by atoms with Crippen LogP contribution in [-0.4, -0.2) is 19.1 Å². The lowest BCUT2D eigenvalue weighted by atomic mass is 9.55. The zero-order chi connectivity index (χ0) is 17.4. The first kappa shape index (κ1) is 19.4. The van der Waals surface area contributed by atoms with Gasteiger partial charge in [0.15, 0.2) is 0 Å². The van der Waals surface area contributed by atoms with Crippen LogP contribution in [0, 0.1) is 40.4 Å². The van der Waals surface area contributed by atoms with Crippen LogP contribution in [0.25, 0.3) is 0 Å². The van der Waals surface area contributed by atoms with Gasteiger partial charge in [0.05, 0.1) is 14.0 Å². The Labute approximate surface area is 146 Å². The minimum Gasteiger partial charge on any atom is -0.393 e. The van der Waals surface area contributed by atoms with Crippen molar-refractivity contribution in [3.8, 4) is 0 Å². The predicted molar refractivity (Wildman–Crippen MR) is 101 cm³/mol. The van der Waals surface area contributed by atoms with Crippen molar-refractivity contribution >= 4 is 7.85 Å². The van der Waals surface area contributed by atoms with Crippen molar-refractivity contribution < 1.29 is 5.11 Å². The van der Waals surface area contributed by atoms with Crippen molar-refractivity contribution in [3.63, 3.8) is 0 Å². The minimum atomic E-state index is -0.147. The van der Waals surface area contributed by atoms with Crippen molar-refractivity contribution in [2.45, 2.75) is 92.5 Å². The molecule has 2 saturated carbocycles. The first-order valence-electron chi connectivity index (χ1n) is 9.92. The molecule has 0 bridgehead atoms. The van der Waals surface area contributed by atoms with Gasteiger partial charge in [-0.15, -0.1) is 0 Å². The van der Waals surface area contributed by atoms with Crippen LogP contribution in [0.2, 0.25) is 6.32 Å². The number of aliphatic hydroxyl groups excluding tert-OH is 1. The van der Waals surface area contributed by atoms with Crippen LogP contribution in [0.4, 0.5) is 0 Å². The maximum Gasteiger partial charge on any atom is 0.0656 e. The highest BCUT2D eigenvalue weighted by atomic mass is 16.3. The van der Waals surface area contributed by atoms with E-state index >= 15 is 0 Å². The lowest BCUT2D eigenvalue weighted by Crippen LogP contribution is -2.49. The van der Waals surface area contributed by atoms with Gasteiger partial charge >= 0.3 is 0 Å². The van der Waals surface area contributed by atoms with E-state index in [9.17, 15) is 5.11 Å². The van der Waals surface area contributed by atoms with E-state index in [0.29, 0.717) is 11.8 Å². The monoisotopic (exact) mass is 318 g/mol. The third-order valence-corrected chi connectivity index (χ3v) is 7.05. The molecule has 0 heterocycles. The molecule has 0 aromatic rings. The average molecular weight is 318 g/mol. The first-order chi connectivity index (χ1) is 10.5. The summed E-state index contributed by atoms with van der Waals surface area (Å²) in [5.74, 6) is 3.28. The molecule has 2 fully saturated rings. The van der Waals surface area contributed by atoms with Crippen molar-refractivity contribution in [2.75, 3.05) is 0 Å². The molecular formula is C21H39BO. The number of rotatable bonds is 2. The highest BCUT2D eigenvalue weighted by molar-refractivity contribution is 6.08. The van der Waals surface area contributed by atoms with E-state index in [-0.39, 0.29) is 16.9 Å². The van der Waals surface area contributed by atoms with Crippen LogP contribution in [0.3, 0.4) is 0 Å². The Bertz CT molecular complexity index is 346. The Hall–Kier alpha value is 0.0249. The molecule has 2 radical (unpaired) electrons. The smallest absolute Gasteiger partial charge is 0.0656 e. The van der Waals surface area contributed by atoms with Crippen LogP contribution in [0.15, 0.2) is 0 Å². The second-order valence-electron chi connectivity index (χ2n) is 10.7. The van der Waals surface area contributed by atoms with Gasteiger partial charge in [-0.3, -0.25) is 0 Å². The summed E-state index contributed by atoms with van der Waals surface area (Å²) in [6, 6.07) is 0. The third kappa shape index (κ3) is 4.56. The van der Waals surface area contributed by atoms with Gasteiger partial charge in [0.2, 0.25) is 0 Å². The molecule has 0 aromatic heterocycles. The third-order valence-electron chi connectivity index (χ3n) is 7.05. The molecule has 0 amide bonds. The zero-order valence-electron chi connectivity index (χ0n) is 16.4. The summed E-state index contributed by atoms with van der Waals surface area (Å²) in [4.78, 5) is 0. The minimum absolute atomic E-state index is 0.147. The summed E-state index contributed by atoms with van der Waals surface area (Å²) in [6.07, 6.45) is 8.51. The summed E-state index contributed by atoms with van der Waals surface area (Å²) in [5, 5.41) is 11.1. The molecule has 2 rings (SSSR count). The fourth-order valence-electron chi connectivity index (χ4n) is 5.32. The van der Waals surface area contributed by atoms with Crippen LogP contribution >= 0.6 is 0 Å². The average Bonchev–Trinajstić information content (AvgIpc) is 2.45. The van der Waals surface area contributed by atoms with E-state index in [4.69, 9.17) is 7.85 Å². The summed E-state index contributed by atoms with van der Waals surface area (Å²) >= 11 is 0. The van der Waals surface area contributed by atoms with Gasteiger partial charge < -0.3 is 5.11 Å². The van der Waals surface area contributed by atoms with Crippen molar-refractivity contribution in [3.05, 3.63) is 0 Å². The van der Waals surface area contributed by atoms with Crippen LogP contribution in [-0.2, 0) is 0 Å². The topological polar surface area (TPSA) is 20.2 Å². The van der Waals surface area contributed by atoms with E-state index in [1.54, 1.807) is 0 Å². The molecule has 2 atom stereocenters. The number of aliphatic hydroxyl groups is 1. The van der Waals surface area contributed by atoms with Crippen LogP contribution < -0.4 is 0 Å². The Morgan fingerprint density at radius 1 is 0.783 bits per heavy atom. The maximum absolute atomic E-state index is 11.1. The highest BCUT2D eigenvalue weighted by Crippen LogP contribution is 2.52. The van der Waals surface area contributed by atoms with Gasteiger partial charge in [-0.2, -0.15) is 0 Å². The second-order valence-corrected chi connectivity index (χ2v) is 10.7. The SMILES string of the molecule is [B]CC1CCC(C2CC(C(C)(C)C)C(O)C(C(C)(C)C)C2)CC1. The van der Waals surface area contributed by atoms with Crippen LogP contribution in [0.1, 0.15) is 80.1 Å². The summed E-state index contributed by atoms with van der Waals surface area (Å²) in [5.41, 5.74) is 0.381. The molecular weight excluding hydrogens is 279 g/mol. The molecule has 23 heavy (non-hydrogen) atoms. The van der Waals surface area contributed by atoms with Gasteiger partial charge in [0.1, 0.15) is 0 Å². The fraction of sp³-hybridized carbons (Fsp3) is 1.00. The molecule has 0 spiro atoms. The Morgan fingerprint density at radius 3 is 1.57 bits per heavy atom. The summed E-state index contributed by atoms with van der Waals surface area (Å²) in [7, 11) is 5.87. The van der Waals surface area contributed by atoms with E-state index in [2.05, 4.69) is 41.5 Å². The largest absolute Gasteiger partial charge is 0.393 e. The standard InChI is InChI=1S/C21H39BO/c1-20(2,3)17-11-16(12-18(19(17)23)21(4,5)6)15-9-7-14(13-22)8-10-15/h14-19,23H,7-13H2,1-6H3. The Morgan fingerprint density at radius 2 is 1.22 bits per heavy atom. The van der Waals surface area contributed by atoms with E-state index in [0.717, 1.165) is 24.1 Å². The Kier molecular flexibility index (Phi) is 5.98. The molecule has 0 aliphatic heterocycles. The molecule has 1 nitrogen and oxygen atoms in total. The van der Waals surface area contributed by atoms with Gasteiger partial charge in [-0.1, -0.05) is 60.7 Å². The zero-order valence-corrected chi connectivity index (χ0v) is 16.4. The lowest BCUT2D eigenvalue weighted by Gasteiger charge is -2.51. The number of hydrogen-bond acceptors (Lipinski definition) is 1. The van der Waals surface area contributed by atoms with Gasteiger partial charge in [-0.25, -0.2) is 0 Å². The molecule has 2 heteroatoms. The van der Waals surface area contributed by atoms with Crippen LogP contribution in [0.5, 0.6) is 0 Å². The molecule has 2 aliphatic rings. The predicted octanol–water partition coefficient (Wildman–Crippen LogP) is 5.48. The van der Waals surface area contributed by atoms with E-state index in [1.165, 1.54) is 38.5 Å². The lowest BCUT2D eigenvalue weighted by molar-refractivity contribution is -0.0946. The molecule has 2 aliphatic carbocycles. The van der Waals surface area contributed by atoms with Crippen molar-refractivity contribution in [2.24, 2.45) is 40.4 Å². The number of hydrogen-bond donors (Lipinski definition) is 1. The second kappa shape index (κ2) is 7.10. The van der Waals surface area contributed by atoms with Gasteiger partial charge in [0.25, 0.3) is 0 Å². The maximum atomic E-state index is 11.1. The van der Waals surface area contributed by atoms with E-state index < -0.39 is 0 Å². The summed E-state index contributed by atoms with van der Waals surface area (Å²) < 4.78 is 0. The first-order valence-corrected chi connectivity index (χ1v) is 9.92. The molecule has 0 saturated heterocycles. The highest BCUT2D eigenvalue weighted by Gasteiger charge is 2.47. The van der Waals surface area contributed by atoms with Gasteiger partial charge in [0, 0.05) is 0 Å². The molecule has 2 unspecified atom stereocenters. The molecule has 132 valence electrons. The normalized spacial score (nSPS) is 40.1. The fourth-order valence-corrected chi connectivity index (χ4v) is 5.32. The Balaban J connectivity index is 2.14. The summed E-state index contributed by atoms with van der Waals surface area (Å²) in [6.45, 7) is 13.9. The quantitative estimate of drug-likeness (QED) is 0.669. The van der Waals surface area contributed by atoms with Gasteiger partial charge in [-0.05, 0) is 66.1 Å². The van der Waals surface area contributed by atoms with Crippen molar-refractivity contribution in [1.29, 1.82) is 0 Å². The van der Waals surface area contributed by atoms with E-state index in [1.807, 2.05) is 0 Å². The molecule has 1 N–H and O–H groups in total. The molecule has 0 aromatic carbocycles.